The van der Waals surface area contributed by atoms with E-state index >= 15 is 0 Å². The van der Waals surface area contributed by atoms with Gasteiger partial charge in [0, 0.05) is 34.3 Å². The normalized spacial score (nSPS) is 10.9. The van der Waals surface area contributed by atoms with Crippen molar-refractivity contribution in [1.82, 2.24) is 14.4 Å². The highest BCUT2D eigenvalue weighted by Gasteiger charge is 2.12. The number of carbonyl (C=O) groups excluding carboxylic acids is 1. The Morgan fingerprint density at radius 3 is 2.63 bits per heavy atom. The largest absolute Gasteiger partial charge is 0.321 e. The lowest BCUT2D eigenvalue weighted by atomic mass is 10.1. The predicted molar refractivity (Wildman–Crippen MR) is 110 cm³/mol. The summed E-state index contributed by atoms with van der Waals surface area (Å²) in [6, 6.07) is 13.6. The summed E-state index contributed by atoms with van der Waals surface area (Å²) in [6.07, 6.45) is 5.66. The topological polar surface area (TPSA) is 59.3 Å². The third kappa shape index (κ3) is 3.48. The van der Waals surface area contributed by atoms with Crippen molar-refractivity contribution in [2.45, 2.75) is 13.8 Å². The van der Waals surface area contributed by atoms with Gasteiger partial charge in [0.15, 0.2) is 0 Å². The van der Waals surface area contributed by atoms with Crippen LogP contribution in [0.25, 0.3) is 16.9 Å². The summed E-state index contributed by atoms with van der Waals surface area (Å²) < 4.78 is 2.69. The number of pyridine rings is 2. The lowest BCUT2D eigenvalue weighted by Crippen LogP contribution is -2.14. The maximum absolute atomic E-state index is 12.4. The number of halogens is 1. The Bertz CT molecular complexity index is 1150. The van der Waals surface area contributed by atoms with Gasteiger partial charge in [-0.3, -0.25) is 4.79 Å². The summed E-state index contributed by atoms with van der Waals surface area (Å²) in [6.45, 7) is 3.97. The molecule has 0 atom stereocenters. The van der Waals surface area contributed by atoms with Crippen LogP contribution in [-0.4, -0.2) is 20.3 Å². The van der Waals surface area contributed by atoms with Crippen molar-refractivity contribution in [3.63, 3.8) is 0 Å². The van der Waals surface area contributed by atoms with Gasteiger partial charge in [0.1, 0.15) is 11.3 Å². The summed E-state index contributed by atoms with van der Waals surface area (Å²) >= 11 is 3.39. The van der Waals surface area contributed by atoms with Crippen molar-refractivity contribution in [3.8, 4) is 11.3 Å². The number of nitrogens with one attached hydrogen (secondary N) is 1. The number of fused-ring (bicyclic) bond motifs is 1. The summed E-state index contributed by atoms with van der Waals surface area (Å²) in [5.74, 6) is -0.252. The molecule has 0 aliphatic carbocycles. The third-order valence-electron chi connectivity index (χ3n) is 4.31. The Morgan fingerprint density at radius 1 is 1.15 bits per heavy atom. The van der Waals surface area contributed by atoms with Gasteiger partial charge in [-0.25, -0.2) is 9.97 Å². The predicted octanol–water partition coefficient (Wildman–Crippen LogP) is 5.03. The molecule has 6 heteroatoms. The van der Waals surface area contributed by atoms with E-state index in [9.17, 15) is 4.79 Å². The number of aromatic nitrogens is 3. The molecule has 1 N–H and O–H groups in total. The molecule has 4 rings (SSSR count). The van der Waals surface area contributed by atoms with Gasteiger partial charge >= 0.3 is 0 Å². The van der Waals surface area contributed by atoms with Crippen LogP contribution in [0.3, 0.4) is 0 Å². The van der Waals surface area contributed by atoms with Crippen LogP contribution >= 0.6 is 15.9 Å². The molecule has 0 aliphatic heterocycles. The Kier molecular flexibility index (Phi) is 4.49. The fourth-order valence-corrected chi connectivity index (χ4v) is 3.55. The van der Waals surface area contributed by atoms with E-state index in [1.165, 1.54) is 0 Å². The van der Waals surface area contributed by atoms with E-state index in [2.05, 4.69) is 26.2 Å². The number of rotatable bonds is 3. The van der Waals surface area contributed by atoms with Crippen LogP contribution in [0.5, 0.6) is 0 Å². The Balaban J connectivity index is 1.56. The lowest BCUT2D eigenvalue weighted by Gasteiger charge is -2.07. The molecule has 27 heavy (non-hydrogen) atoms. The molecule has 0 fully saturated rings. The van der Waals surface area contributed by atoms with Crippen LogP contribution < -0.4 is 5.32 Å². The van der Waals surface area contributed by atoms with Gasteiger partial charge in [0.05, 0.1) is 5.69 Å². The number of amides is 1. The molecule has 1 aromatic carbocycles. The van der Waals surface area contributed by atoms with Crippen LogP contribution in [0.15, 0.2) is 65.5 Å². The number of aryl methyl sites for hydroxylation is 2. The Morgan fingerprint density at radius 2 is 1.93 bits per heavy atom. The summed E-state index contributed by atoms with van der Waals surface area (Å²) in [7, 11) is 0. The number of anilines is 1. The van der Waals surface area contributed by atoms with Gasteiger partial charge in [-0.2, -0.15) is 0 Å². The van der Waals surface area contributed by atoms with Crippen LogP contribution in [-0.2, 0) is 0 Å². The number of benzene rings is 1. The molecule has 1 amide bonds. The van der Waals surface area contributed by atoms with Crippen molar-refractivity contribution in [1.29, 1.82) is 0 Å². The molecule has 0 radical (unpaired) electrons. The minimum atomic E-state index is -0.252. The molecule has 134 valence electrons. The quantitative estimate of drug-likeness (QED) is 0.505. The first-order chi connectivity index (χ1) is 13.0. The van der Waals surface area contributed by atoms with E-state index in [1.54, 1.807) is 6.20 Å². The molecule has 0 saturated heterocycles. The maximum atomic E-state index is 12.4. The van der Waals surface area contributed by atoms with Gasteiger partial charge in [-0.15, -0.1) is 0 Å². The van der Waals surface area contributed by atoms with E-state index in [0.717, 1.165) is 28.0 Å². The minimum Gasteiger partial charge on any atom is -0.321 e. The monoisotopic (exact) mass is 420 g/mol. The molecule has 3 heterocycles. The highest BCUT2D eigenvalue weighted by molar-refractivity contribution is 9.10. The molecule has 0 bridgehead atoms. The number of carbonyl (C=O) groups is 1. The van der Waals surface area contributed by atoms with Gasteiger partial charge in [0.25, 0.3) is 5.91 Å². The maximum Gasteiger partial charge on any atom is 0.275 e. The molecule has 3 aromatic heterocycles. The smallest absolute Gasteiger partial charge is 0.275 e. The third-order valence-corrected chi connectivity index (χ3v) is 4.91. The van der Waals surface area contributed by atoms with Crippen LogP contribution in [0.1, 0.15) is 21.6 Å². The molecule has 4 aromatic rings. The molecule has 0 aliphatic rings. The van der Waals surface area contributed by atoms with Crippen molar-refractivity contribution in [2.24, 2.45) is 0 Å². The van der Waals surface area contributed by atoms with Gasteiger partial charge in [-0.05, 0) is 65.2 Å². The first kappa shape index (κ1) is 17.4. The summed E-state index contributed by atoms with van der Waals surface area (Å²) in [4.78, 5) is 21.3. The van der Waals surface area contributed by atoms with E-state index in [1.807, 2.05) is 73.1 Å². The van der Waals surface area contributed by atoms with Gasteiger partial charge in [0.2, 0.25) is 0 Å². The first-order valence-corrected chi connectivity index (χ1v) is 9.29. The molecular weight excluding hydrogens is 404 g/mol. The summed E-state index contributed by atoms with van der Waals surface area (Å²) in [5.41, 5.74) is 6.02. The second-order valence-corrected chi connectivity index (χ2v) is 7.28. The summed E-state index contributed by atoms with van der Waals surface area (Å²) in [5, 5.41) is 2.88. The van der Waals surface area contributed by atoms with Crippen molar-refractivity contribution in [2.75, 3.05) is 5.32 Å². The fourth-order valence-electron chi connectivity index (χ4n) is 2.91. The van der Waals surface area contributed by atoms with E-state index in [0.29, 0.717) is 15.9 Å². The van der Waals surface area contributed by atoms with Crippen LogP contribution in [0.2, 0.25) is 0 Å². The highest BCUT2D eigenvalue weighted by atomic mass is 79.9. The second-order valence-electron chi connectivity index (χ2n) is 6.42. The molecule has 5 nitrogen and oxygen atoms in total. The van der Waals surface area contributed by atoms with Crippen LogP contribution in [0, 0.1) is 13.8 Å². The average molecular weight is 421 g/mol. The number of hydrogen-bond acceptors (Lipinski definition) is 3. The SMILES string of the molecule is Cc1cnc(C(=O)Nc2ccc(-c3cn4cccc(C)c4n3)cc2)c(Br)c1. The van der Waals surface area contributed by atoms with E-state index in [4.69, 9.17) is 4.98 Å². The zero-order chi connectivity index (χ0) is 19.0. The van der Waals surface area contributed by atoms with Gasteiger partial charge < -0.3 is 9.72 Å². The number of nitrogens with zero attached hydrogens (tertiary/aromatic N) is 3. The van der Waals surface area contributed by atoms with Crippen molar-refractivity contribution < 1.29 is 4.79 Å². The van der Waals surface area contributed by atoms with Crippen LogP contribution in [0.4, 0.5) is 5.69 Å². The Hall–Kier alpha value is -2.99. The standard InChI is InChI=1S/C21H17BrN4O/c1-13-10-17(22)19(23-11-13)21(27)24-16-7-5-15(6-8-16)18-12-26-9-3-4-14(2)20(26)25-18/h3-12H,1-2H3,(H,24,27). The molecule has 0 unspecified atom stereocenters. The lowest BCUT2D eigenvalue weighted by molar-refractivity contribution is 0.102. The fraction of sp³-hybridized carbons (Fsp3) is 0.0952. The van der Waals surface area contributed by atoms with Crippen molar-refractivity contribution >= 4 is 33.2 Å². The first-order valence-electron chi connectivity index (χ1n) is 8.49. The zero-order valence-electron chi connectivity index (χ0n) is 14.9. The zero-order valence-corrected chi connectivity index (χ0v) is 16.5. The van der Waals surface area contributed by atoms with Crippen molar-refractivity contribution in [3.05, 3.63) is 82.3 Å². The molecule has 0 saturated carbocycles. The highest BCUT2D eigenvalue weighted by Crippen LogP contribution is 2.23. The molecular formula is C21H17BrN4O. The molecule has 0 spiro atoms. The number of imidazole rings is 1. The van der Waals surface area contributed by atoms with E-state index in [-0.39, 0.29) is 5.91 Å². The van der Waals surface area contributed by atoms with E-state index < -0.39 is 0 Å². The average Bonchev–Trinajstić information content (AvgIpc) is 3.08. The van der Waals surface area contributed by atoms with Gasteiger partial charge in [-0.1, -0.05) is 18.2 Å². The Labute approximate surface area is 165 Å². The number of hydrogen-bond donors (Lipinski definition) is 1. The second kappa shape index (κ2) is 6.96. The minimum absolute atomic E-state index is 0.252.